The number of hydrogen-bond acceptors (Lipinski definition) is 9. The van der Waals surface area contributed by atoms with Crippen LogP contribution >= 0.6 is 11.6 Å². The van der Waals surface area contributed by atoms with Crippen molar-refractivity contribution >= 4 is 51.7 Å². The van der Waals surface area contributed by atoms with E-state index in [2.05, 4.69) is 15.1 Å². The summed E-state index contributed by atoms with van der Waals surface area (Å²) >= 11 is 6.15. The van der Waals surface area contributed by atoms with E-state index in [4.69, 9.17) is 25.5 Å². The van der Waals surface area contributed by atoms with Crippen LogP contribution < -0.4 is 9.64 Å². The van der Waals surface area contributed by atoms with E-state index in [1.165, 1.54) is 12.1 Å². The van der Waals surface area contributed by atoms with Gasteiger partial charge in [-0.05, 0) is 30.7 Å². The highest BCUT2D eigenvalue weighted by atomic mass is 35.5. The number of hydrazone groups is 1. The molecule has 11 nitrogen and oxygen atoms in total. The molecule has 3 aromatic heterocycles. The molecule has 1 fully saturated rings. The number of fused-ring (bicyclic) bond motifs is 2. The molecule has 0 saturated carbocycles. The van der Waals surface area contributed by atoms with E-state index >= 15 is 0 Å². The van der Waals surface area contributed by atoms with Crippen molar-refractivity contribution in [3.63, 3.8) is 0 Å². The third kappa shape index (κ3) is 5.40. The Hall–Kier alpha value is -4.75. The minimum absolute atomic E-state index is 0.0467. The third-order valence-corrected chi connectivity index (χ3v) is 7.98. The van der Waals surface area contributed by atoms with Gasteiger partial charge in [-0.25, -0.2) is 14.2 Å². The molecule has 226 valence electrons. The van der Waals surface area contributed by atoms with Crippen molar-refractivity contribution in [2.24, 2.45) is 5.10 Å². The van der Waals surface area contributed by atoms with Crippen LogP contribution in [-0.2, 0) is 24.4 Å². The predicted octanol–water partition coefficient (Wildman–Crippen LogP) is 5.44. The summed E-state index contributed by atoms with van der Waals surface area (Å²) in [6.45, 7) is 2.54. The van der Waals surface area contributed by atoms with Crippen molar-refractivity contribution < 1.29 is 32.6 Å². The number of imidazole rings is 1. The summed E-state index contributed by atoms with van der Waals surface area (Å²) in [5.41, 5.74) is 1.34. The van der Waals surface area contributed by atoms with Crippen molar-refractivity contribution in [2.75, 3.05) is 24.6 Å². The molecule has 2 aliphatic heterocycles. The average Bonchev–Trinajstić information content (AvgIpc) is 3.56. The molecule has 1 N–H and O–H groups in total. The summed E-state index contributed by atoms with van der Waals surface area (Å²) < 4.78 is 47.0. The van der Waals surface area contributed by atoms with Gasteiger partial charge in [-0.1, -0.05) is 23.7 Å². The third-order valence-electron chi connectivity index (χ3n) is 7.65. The van der Waals surface area contributed by atoms with Crippen molar-refractivity contribution in [2.45, 2.75) is 32.2 Å². The Morgan fingerprint density at radius 3 is 2.75 bits per heavy atom. The summed E-state index contributed by atoms with van der Waals surface area (Å²) in [5, 5.41) is 16.7. The molecule has 2 aliphatic rings. The van der Waals surface area contributed by atoms with Crippen LogP contribution in [0.1, 0.15) is 28.2 Å². The Morgan fingerprint density at radius 1 is 1.14 bits per heavy atom. The maximum atomic E-state index is 14.9. The minimum atomic E-state index is -1.21. The summed E-state index contributed by atoms with van der Waals surface area (Å²) in [5.74, 6) is -0.354. The lowest BCUT2D eigenvalue weighted by Gasteiger charge is -2.30. The zero-order chi connectivity index (χ0) is 30.4. The summed E-state index contributed by atoms with van der Waals surface area (Å²) in [4.78, 5) is 22.5. The number of anilines is 1. The standard InChI is InChI=1S/C30H25ClF2N6O5/c31-21-5-4-17(29-20(21)12-24(33)44-29)15-43-27-3-1-2-25(35-27)37-7-8-38(34-16-37)14-26-36-28-22(32)10-18(30(40)41)11-23(28)39(26)13-19-6-9-42-19/h1-5,10-12,16,19H,6-9,13-15H2,(H,40,41)/t19-/m0/s1. The molecule has 1 atom stereocenters. The van der Waals surface area contributed by atoms with E-state index in [0.29, 0.717) is 70.8 Å². The van der Waals surface area contributed by atoms with Crippen LogP contribution in [0.3, 0.4) is 0 Å². The van der Waals surface area contributed by atoms with Crippen molar-refractivity contribution in [1.82, 2.24) is 19.5 Å². The molecule has 0 aliphatic carbocycles. The molecule has 5 heterocycles. The highest BCUT2D eigenvalue weighted by molar-refractivity contribution is 6.35. The number of rotatable bonds is 9. The van der Waals surface area contributed by atoms with Crippen LogP contribution in [-0.4, -0.2) is 62.8 Å². The lowest BCUT2D eigenvalue weighted by atomic mass is 10.1. The number of halogens is 3. The topological polar surface area (TPSA) is 118 Å². The molecule has 0 unspecified atom stereocenters. The first-order valence-corrected chi connectivity index (χ1v) is 14.3. The molecule has 0 spiro atoms. The van der Waals surface area contributed by atoms with Crippen LogP contribution in [0.15, 0.2) is 58.0 Å². The fourth-order valence-corrected chi connectivity index (χ4v) is 5.47. The van der Waals surface area contributed by atoms with Crippen LogP contribution in [0.5, 0.6) is 5.88 Å². The molecular formula is C30H25ClF2N6O5. The zero-order valence-corrected chi connectivity index (χ0v) is 23.9. The van der Waals surface area contributed by atoms with Crippen LogP contribution in [0.4, 0.5) is 14.6 Å². The summed E-state index contributed by atoms with van der Waals surface area (Å²) in [6, 6.07) is 11.7. The van der Waals surface area contributed by atoms with Crippen molar-refractivity contribution in [3.8, 4) is 5.88 Å². The molecule has 14 heteroatoms. The average molecular weight is 623 g/mol. The van der Waals surface area contributed by atoms with Gasteiger partial charge >= 0.3 is 5.97 Å². The number of ether oxygens (including phenoxy) is 2. The Bertz CT molecular complexity index is 1920. The Labute approximate surface area is 253 Å². The van der Waals surface area contributed by atoms with Gasteiger partial charge in [0, 0.05) is 36.2 Å². The van der Waals surface area contributed by atoms with E-state index < -0.39 is 17.8 Å². The lowest BCUT2D eigenvalue weighted by molar-refractivity contribution is -0.0592. The molecule has 2 aromatic carbocycles. The molecule has 0 bridgehead atoms. The smallest absolute Gasteiger partial charge is 0.335 e. The first-order chi connectivity index (χ1) is 21.3. The molecule has 44 heavy (non-hydrogen) atoms. The second kappa shape index (κ2) is 11.4. The van der Waals surface area contributed by atoms with Gasteiger partial charge in [0.2, 0.25) is 5.88 Å². The number of carboxylic acids is 1. The first kappa shape index (κ1) is 28.0. The Morgan fingerprint density at radius 2 is 2.00 bits per heavy atom. The normalized spacial score (nSPS) is 16.6. The van der Waals surface area contributed by atoms with E-state index in [9.17, 15) is 18.7 Å². The SMILES string of the molecule is O=C(O)c1cc(F)c2nc(CN3CCN(c4cccc(OCc5ccc(Cl)c6cc(F)oc56)n4)C=N3)n(C[C@@H]3CCO3)c2c1. The largest absolute Gasteiger partial charge is 0.478 e. The highest BCUT2D eigenvalue weighted by Gasteiger charge is 2.25. The van der Waals surface area contributed by atoms with E-state index in [1.54, 1.807) is 29.5 Å². The number of furan rings is 1. The highest BCUT2D eigenvalue weighted by Crippen LogP contribution is 2.30. The predicted molar refractivity (Wildman–Crippen MR) is 157 cm³/mol. The fourth-order valence-electron chi connectivity index (χ4n) is 5.27. The lowest BCUT2D eigenvalue weighted by Crippen LogP contribution is -2.38. The van der Waals surface area contributed by atoms with Gasteiger partial charge < -0.3 is 28.5 Å². The zero-order valence-electron chi connectivity index (χ0n) is 23.1. The van der Waals surface area contributed by atoms with Gasteiger partial charge in [-0.3, -0.25) is 5.01 Å². The fraction of sp³-hybridized carbons (Fsp3) is 0.267. The number of aromatic carboxylic acids is 1. The van der Waals surface area contributed by atoms with Gasteiger partial charge in [0.15, 0.2) is 5.82 Å². The first-order valence-electron chi connectivity index (χ1n) is 13.9. The van der Waals surface area contributed by atoms with Gasteiger partial charge in [0.25, 0.3) is 6.01 Å². The maximum Gasteiger partial charge on any atom is 0.335 e. The number of pyridine rings is 1. The van der Waals surface area contributed by atoms with Crippen molar-refractivity contribution in [1.29, 1.82) is 0 Å². The van der Waals surface area contributed by atoms with E-state index in [1.807, 2.05) is 21.6 Å². The minimum Gasteiger partial charge on any atom is -0.478 e. The summed E-state index contributed by atoms with van der Waals surface area (Å²) in [7, 11) is 0. The molecular weight excluding hydrogens is 598 g/mol. The van der Waals surface area contributed by atoms with Gasteiger partial charge in [0.05, 0.1) is 41.8 Å². The second-order valence-electron chi connectivity index (χ2n) is 10.5. The van der Waals surface area contributed by atoms with Gasteiger partial charge in [-0.15, -0.1) is 0 Å². The molecule has 7 rings (SSSR count). The molecule has 1 saturated heterocycles. The number of aromatic nitrogens is 3. The van der Waals surface area contributed by atoms with E-state index in [0.717, 1.165) is 12.5 Å². The van der Waals surface area contributed by atoms with Crippen LogP contribution in [0, 0.1) is 11.8 Å². The number of carbonyl (C=O) groups is 1. The Balaban J connectivity index is 1.06. The molecule has 0 radical (unpaired) electrons. The number of hydrogen-bond donors (Lipinski definition) is 1. The van der Waals surface area contributed by atoms with E-state index in [-0.39, 0.29) is 30.3 Å². The maximum absolute atomic E-state index is 14.9. The molecule has 5 aromatic rings. The van der Waals surface area contributed by atoms with Crippen molar-refractivity contribution in [3.05, 3.63) is 82.3 Å². The second-order valence-corrected chi connectivity index (χ2v) is 10.9. The van der Waals surface area contributed by atoms with Crippen LogP contribution in [0.25, 0.3) is 22.0 Å². The van der Waals surface area contributed by atoms with Gasteiger partial charge in [0.1, 0.15) is 35.7 Å². The van der Waals surface area contributed by atoms with Gasteiger partial charge in [-0.2, -0.15) is 14.5 Å². The number of benzene rings is 2. The van der Waals surface area contributed by atoms with Crippen LogP contribution in [0.2, 0.25) is 5.02 Å². The Kier molecular flexibility index (Phi) is 7.26. The number of nitrogens with zero attached hydrogens (tertiary/aromatic N) is 6. The summed E-state index contributed by atoms with van der Waals surface area (Å²) in [6.07, 6.45) is 2.46. The number of carboxylic acid groups (broad SMARTS) is 1. The molecule has 0 amide bonds. The monoisotopic (exact) mass is 622 g/mol. The quantitative estimate of drug-likeness (QED) is 0.229.